The lowest BCUT2D eigenvalue weighted by molar-refractivity contribution is -0.192. The van der Waals surface area contributed by atoms with Crippen molar-refractivity contribution in [1.29, 1.82) is 0 Å². The van der Waals surface area contributed by atoms with Crippen LogP contribution in [0.5, 0.6) is 0 Å². The molecular weight excluding hydrogens is 386 g/mol. The molecule has 1 aliphatic rings. The van der Waals surface area contributed by atoms with Gasteiger partial charge in [-0.2, -0.15) is 13.2 Å². The third kappa shape index (κ3) is 4.86. The molecule has 2 aromatic rings. The Balaban J connectivity index is 0.000000277. The highest BCUT2D eigenvalue weighted by Crippen LogP contribution is 2.27. The van der Waals surface area contributed by atoms with Crippen molar-refractivity contribution in [2.75, 3.05) is 6.54 Å². The maximum atomic E-state index is 11.7. The maximum Gasteiger partial charge on any atom is 0.490 e. The molecule has 3 rings (SSSR count). The van der Waals surface area contributed by atoms with Gasteiger partial charge in [0.15, 0.2) is 0 Å². The molecule has 134 valence electrons. The molecule has 0 aromatic carbocycles. The van der Waals surface area contributed by atoms with Gasteiger partial charge in [0, 0.05) is 29.9 Å². The van der Waals surface area contributed by atoms with Crippen LogP contribution in [0.2, 0.25) is 10.3 Å². The lowest BCUT2D eigenvalue weighted by Crippen LogP contribution is -2.31. The van der Waals surface area contributed by atoms with Gasteiger partial charge in [0.25, 0.3) is 5.91 Å². The fraction of sp³-hybridized carbons (Fsp3) is 0.214. The molecule has 0 radical (unpaired) electrons. The maximum absolute atomic E-state index is 11.7. The first kappa shape index (κ1) is 19.1. The predicted molar refractivity (Wildman–Crippen MR) is 83.8 cm³/mol. The molecule has 3 heterocycles. The van der Waals surface area contributed by atoms with E-state index in [2.05, 4.69) is 15.3 Å². The quantitative estimate of drug-likeness (QED) is 0.645. The minimum Gasteiger partial charge on any atom is -0.475 e. The van der Waals surface area contributed by atoms with Crippen molar-refractivity contribution in [1.82, 2.24) is 15.3 Å². The number of rotatable bonds is 1. The Kier molecular flexibility index (Phi) is 5.58. The summed E-state index contributed by atoms with van der Waals surface area (Å²) in [5.41, 5.74) is 3.27. The number of hydrogen-bond donors (Lipinski definition) is 3. The third-order valence-electron chi connectivity index (χ3n) is 3.12. The van der Waals surface area contributed by atoms with Gasteiger partial charge >= 0.3 is 12.1 Å². The summed E-state index contributed by atoms with van der Waals surface area (Å²) >= 11 is 11.7. The van der Waals surface area contributed by atoms with Gasteiger partial charge in [0.2, 0.25) is 0 Å². The second kappa shape index (κ2) is 7.32. The molecule has 0 saturated heterocycles. The van der Waals surface area contributed by atoms with Crippen LogP contribution in [0, 0.1) is 0 Å². The van der Waals surface area contributed by atoms with E-state index in [1.54, 1.807) is 12.1 Å². The summed E-state index contributed by atoms with van der Waals surface area (Å²) in [6.45, 7) is 0.656. The second-order valence-corrected chi connectivity index (χ2v) is 5.66. The fourth-order valence-corrected chi connectivity index (χ4v) is 2.53. The van der Waals surface area contributed by atoms with Gasteiger partial charge in [-0.1, -0.05) is 23.2 Å². The first-order valence-electron chi connectivity index (χ1n) is 6.71. The van der Waals surface area contributed by atoms with E-state index in [1.807, 2.05) is 6.07 Å². The SMILES string of the molecule is O=C(O)C(F)(F)F.O=C1NCCc2[nH]c(-c3cc(Cl)nc(Cl)c3)cc21. The Morgan fingerprint density at radius 1 is 1.20 bits per heavy atom. The summed E-state index contributed by atoms with van der Waals surface area (Å²) in [5, 5.41) is 10.6. The second-order valence-electron chi connectivity index (χ2n) is 4.89. The highest BCUT2D eigenvalue weighted by Gasteiger charge is 2.38. The Hall–Kier alpha value is -2.26. The third-order valence-corrected chi connectivity index (χ3v) is 3.51. The van der Waals surface area contributed by atoms with Gasteiger partial charge in [-0.3, -0.25) is 4.79 Å². The Morgan fingerprint density at radius 2 is 1.76 bits per heavy atom. The molecule has 0 aliphatic carbocycles. The molecule has 0 atom stereocenters. The predicted octanol–water partition coefficient (Wildman–Crippen LogP) is 3.30. The number of carbonyl (C=O) groups excluding carboxylic acids is 1. The number of nitrogens with zero attached hydrogens (tertiary/aromatic N) is 1. The van der Waals surface area contributed by atoms with Crippen LogP contribution in [-0.2, 0) is 11.2 Å². The molecule has 0 unspecified atom stereocenters. The summed E-state index contributed by atoms with van der Waals surface area (Å²) in [6.07, 6.45) is -4.28. The van der Waals surface area contributed by atoms with E-state index in [4.69, 9.17) is 33.1 Å². The zero-order valence-corrected chi connectivity index (χ0v) is 13.8. The van der Waals surface area contributed by atoms with Gasteiger partial charge in [0.05, 0.1) is 5.56 Å². The van der Waals surface area contributed by atoms with Crippen LogP contribution in [-0.4, -0.2) is 39.7 Å². The molecule has 3 N–H and O–H groups in total. The summed E-state index contributed by atoms with van der Waals surface area (Å²) < 4.78 is 31.7. The number of aromatic nitrogens is 2. The van der Waals surface area contributed by atoms with Crippen LogP contribution in [0.4, 0.5) is 13.2 Å². The fourth-order valence-electron chi connectivity index (χ4n) is 2.07. The van der Waals surface area contributed by atoms with Crippen LogP contribution in [0.1, 0.15) is 16.1 Å². The van der Waals surface area contributed by atoms with E-state index in [1.165, 1.54) is 0 Å². The number of carbonyl (C=O) groups is 2. The molecule has 1 amide bonds. The monoisotopic (exact) mass is 395 g/mol. The molecule has 6 nitrogen and oxygen atoms in total. The molecular formula is C14H10Cl2F3N3O3. The normalized spacial score (nSPS) is 13.4. The molecule has 0 fully saturated rings. The smallest absolute Gasteiger partial charge is 0.475 e. The molecule has 2 aromatic heterocycles. The van der Waals surface area contributed by atoms with Crippen molar-refractivity contribution in [2.45, 2.75) is 12.6 Å². The van der Waals surface area contributed by atoms with Crippen molar-refractivity contribution in [3.05, 3.63) is 39.8 Å². The molecule has 0 bridgehead atoms. The zero-order valence-electron chi connectivity index (χ0n) is 12.2. The van der Waals surface area contributed by atoms with Gasteiger partial charge in [-0.15, -0.1) is 0 Å². The largest absolute Gasteiger partial charge is 0.490 e. The number of H-pyrrole nitrogens is 1. The van der Waals surface area contributed by atoms with E-state index in [9.17, 15) is 18.0 Å². The number of alkyl halides is 3. The Labute approximate surface area is 149 Å². The van der Waals surface area contributed by atoms with Gasteiger partial charge in [0.1, 0.15) is 10.3 Å². The number of amides is 1. The van der Waals surface area contributed by atoms with E-state index in [0.29, 0.717) is 22.4 Å². The van der Waals surface area contributed by atoms with Crippen LogP contribution in [0.3, 0.4) is 0 Å². The molecule has 0 spiro atoms. The average Bonchev–Trinajstić information content (AvgIpc) is 2.91. The molecule has 11 heteroatoms. The van der Waals surface area contributed by atoms with Crippen molar-refractivity contribution in [3.8, 4) is 11.3 Å². The highest BCUT2D eigenvalue weighted by molar-refractivity contribution is 6.32. The number of halogens is 5. The van der Waals surface area contributed by atoms with Crippen molar-refractivity contribution in [2.24, 2.45) is 0 Å². The van der Waals surface area contributed by atoms with E-state index < -0.39 is 12.1 Å². The van der Waals surface area contributed by atoms with Gasteiger partial charge in [-0.25, -0.2) is 9.78 Å². The number of aromatic amines is 1. The minimum absolute atomic E-state index is 0.0509. The Morgan fingerprint density at radius 3 is 2.24 bits per heavy atom. The van der Waals surface area contributed by atoms with Crippen molar-refractivity contribution < 1.29 is 27.9 Å². The van der Waals surface area contributed by atoms with Crippen LogP contribution >= 0.6 is 23.2 Å². The average molecular weight is 396 g/mol. The standard InChI is InChI=1S/C12H9Cl2N3O.C2HF3O2/c13-10-3-6(4-11(14)17-10)9-5-7-8(16-9)1-2-15-12(7)18;3-2(4,5)1(6)7/h3-5,16H,1-2H2,(H,15,18);(H,6,7). The van der Waals surface area contributed by atoms with Crippen molar-refractivity contribution >= 4 is 35.1 Å². The highest BCUT2D eigenvalue weighted by atomic mass is 35.5. The first-order chi connectivity index (χ1) is 11.6. The lowest BCUT2D eigenvalue weighted by atomic mass is 10.1. The van der Waals surface area contributed by atoms with Crippen LogP contribution in [0.25, 0.3) is 11.3 Å². The van der Waals surface area contributed by atoms with Crippen molar-refractivity contribution in [3.63, 3.8) is 0 Å². The number of aliphatic carboxylic acids is 1. The number of nitrogens with one attached hydrogen (secondary N) is 2. The van der Waals surface area contributed by atoms with Gasteiger partial charge < -0.3 is 15.4 Å². The van der Waals surface area contributed by atoms with Crippen LogP contribution < -0.4 is 5.32 Å². The number of carboxylic acid groups (broad SMARTS) is 1. The minimum atomic E-state index is -5.08. The number of carboxylic acids is 1. The molecule has 0 saturated carbocycles. The zero-order chi connectivity index (χ0) is 18.8. The van der Waals surface area contributed by atoms with E-state index in [0.717, 1.165) is 23.4 Å². The number of pyridine rings is 1. The lowest BCUT2D eigenvalue weighted by Gasteiger charge is -2.10. The van der Waals surface area contributed by atoms with E-state index >= 15 is 0 Å². The Bertz CT molecular complexity index is 801. The first-order valence-corrected chi connectivity index (χ1v) is 7.47. The summed E-state index contributed by atoms with van der Waals surface area (Å²) in [6, 6.07) is 5.23. The number of fused-ring (bicyclic) bond motifs is 1. The van der Waals surface area contributed by atoms with Gasteiger partial charge in [-0.05, 0) is 18.2 Å². The number of hydrogen-bond acceptors (Lipinski definition) is 3. The van der Waals surface area contributed by atoms with Crippen LogP contribution in [0.15, 0.2) is 18.2 Å². The summed E-state index contributed by atoms with van der Waals surface area (Å²) in [4.78, 5) is 27.7. The summed E-state index contributed by atoms with van der Waals surface area (Å²) in [7, 11) is 0. The molecule has 25 heavy (non-hydrogen) atoms. The topological polar surface area (TPSA) is 95.1 Å². The summed E-state index contributed by atoms with van der Waals surface area (Å²) in [5.74, 6) is -2.81. The molecule has 1 aliphatic heterocycles. The van der Waals surface area contributed by atoms with E-state index in [-0.39, 0.29) is 5.91 Å².